The van der Waals surface area contributed by atoms with Crippen LogP contribution in [0, 0.1) is 10.1 Å². The summed E-state index contributed by atoms with van der Waals surface area (Å²) in [6.45, 7) is 4.14. The van der Waals surface area contributed by atoms with Crippen molar-refractivity contribution in [3.05, 3.63) is 39.5 Å². The summed E-state index contributed by atoms with van der Waals surface area (Å²) < 4.78 is 0.587. The van der Waals surface area contributed by atoms with Crippen LogP contribution in [0.1, 0.15) is 6.42 Å². The van der Waals surface area contributed by atoms with E-state index in [2.05, 4.69) is 32.8 Å². The maximum absolute atomic E-state index is 10.7. The highest BCUT2D eigenvalue weighted by Crippen LogP contribution is 2.24. The molecule has 0 fully saturated rings. The van der Waals surface area contributed by atoms with E-state index < -0.39 is 4.92 Å². The van der Waals surface area contributed by atoms with Crippen molar-refractivity contribution in [3.63, 3.8) is 0 Å². The van der Waals surface area contributed by atoms with Crippen LogP contribution < -0.4 is 5.32 Å². The van der Waals surface area contributed by atoms with Crippen LogP contribution in [0.3, 0.4) is 0 Å². The quantitative estimate of drug-likeness (QED) is 0.387. The lowest BCUT2D eigenvalue weighted by molar-refractivity contribution is -0.384. The molecule has 0 atom stereocenters. The summed E-state index contributed by atoms with van der Waals surface area (Å²) in [4.78, 5) is 14.2. The number of nitrogens with zero attached hydrogens (tertiary/aromatic N) is 2. The van der Waals surface area contributed by atoms with Crippen LogP contribution in [0.25, 0.3) is 0 Å². The Morgan fingerprint density at radius 2 is 2.47 bits per heavy atom. The average molecular weight is 272 g/mol. The van der Waals surface area contributed by atoms with Gasteiger partial charge in [0, 0.05) is 23.3 Å². The lowest BCUT2D eigenvalue weighted by Crippen LogP contribution is -2.05. The molecule has 0 aromatic carbocycles. The summed E-state index contributed by atoms with van der Waals surface area (Å²) in [6, 6.07) is 1.42. The highest BCUT2D eigenvalue weighted by atomic mass is 79.9. The number of hydrogen-bond donors (Lipinski definition) is 1. The van der Waals surface area contributed by atoms with Gasteiger partial charge in [0.05, 0.1) is 4.92 Å². The third-order valence-corrected chi connectivity index (χ3v) is 2.11. The lowest BCUT2D eigenvalue weighted by atomic mass is 10.3. The molecule has 1 heterocycles. The molecule has 6 heteroatoms. The molecule has 0 bridgehead atoms. The van der Waals surface area contributed by atoms with Crippen molar-refractivity contribution in [2.75, 3.05) is 11.9 Å². The number of hydrogen-bond acceptors (Lipinski definition) is 4. The normalized spacial score (nSPS) is 9.67. The van der Waals surface area contributed by atoms with Gasteiger partial charge in [0.25, 0.3) is 0 Å². The summed E-state index contributed by atoms with van der Waals surface area (Å²) in [5.41, 5.74) is -0.0339. The zero-order valence-corrected chi connectivity index (χ0v) is 9.53. The maximum atomic E-state index is 10.7. The molecule has 0 saturated carbocycles. The van der Waals surface area contributed by atoms with Gasteiger partial charge in [-0.25, -0.2) is 4.98 Å². The van der Waals surface area contributed by atoms with E-state index in [4.69, 9.17) is 0 Å². The molecule has 1 rings (SSSR count). The van der Waals surface area contributed by atoms with Crippen molar-refractivity contribution in [2.24, 2.45) is 0 Å². The minimum atomic E-state index is -0.464. The molecule has 0 spiro atoms. The molecular formula is C9H10BrN3O2. The Bertz CT molecular complexity index is 382. The van der Waals surface area contributed by atoms with Crippen molar-refractivity contribution >= 4 is 27.4 Å². The number of nitro groups is 1. The topological polar surface area (TPSA) is 68.1 Å². The van der Waals surface area contributed by atoms with Crippen LogP contribution in [-0.4, -0.2) is 16.5 Å². The van der Waals surface area contributed by atoms with E-state index in [0.717, 1.165) is 6.42 Å². The first-order chi connectivity index (χ1) is 7.15. The van der Waals surface area contributed by atoms with Gasteiger partial charge in [0.15, 0.2) is 0 Å². The van der Waals surface area contributed by atoms with E-state index in [1.54, 1.807) is 6.08 Å². The van der Waals surface area contributed by atoms with Crippen molar-refractivity contribution in [1.82, 2.24) is 4.98 Å². The van der Waals surface area contributed by atoms with E-state index in [1.807, 2.05) is 0 Å². The number of halogens is 1. The zero-order valence-electron chi connectivity index (χ0n) is 7.94. The average Bonchev–Trinajstić information content (AvgIpc) is 2.20. The van der Waals surface area contributed by atoms with Gasteiger partial charge in [-0.3, -0.25) is 10.1 Å². The zero-order chi connectivity index (χ0) is 11.3. The SMILES string of the molecule is C=CCCNc1ncc(Br)cc1[N+](=O)[O-]. The monoisotopic (exact) mass is 271 g/mol. The predicted molar refractivity (Wildman–Crippen MR) is 61.9 cm³/mol. The van der Waals surface area contributed by atoms with Crippen LogP contribution in [0.2, 0.25) is 0 Å². The summed E-state index contributed by atoms with van der Waals surface area (Å²) in [5.74, 6) is 0.282. The maximum Gasteiger partial charge on any atom is 0.312 e. The summed E-state index contributed by atoms with van der Waals surface area (Å²) in [7, 11) is 0. The van der Waals surface area contributed by atoms with Crippen LogP contribution >= 0.6 is 15.9 Å². The highest BCUT2D eigenvalue weighted by molar-refractivity contribution is 9.10. The third kappa shape index (κ3) is 3.32. The third-order valence-electron chi connectivity index (χ3n) is 1.67. The first kappa shape index (κ1) is 11.6. The second kappa shape index (κ2) is 5.45. The summed E-state index contributed by atoms with van der Waals surface area (Å²) >= 11 is 3.14. The highest BCUT2D eigenvalue weighted by Gasteiger charge is 2.14. The van der Waals surface area contributed by atoms with Crippen LogP contribution in [0.4, 0.5) is 11.5 Å². The fourth-order valence-corrected chi connectivity index (χ4v) is 1.32. The van der Waals surface area contributed by atoms with Gasteiger partial charge >= 0.3 is 5.69 Å². The Morgan fingerprint density at radius 3 is 3.07 bits per heavy atom. The molecule has 0 radical (unpaired) electrons. The van der Waals surface area contributed by atoms with Gasteiger partial charge in [0.2, 0.25) is 5.82 Å². The van der Waals surface area contributed by atoms with Gasteiger partial charge in [-0.05, 0) is 22.4 Å². The molecule has 15 heavy (non-hydrogen) atoms. The Balaban J connectivity index is 2.85. The van der Waals surface area contributed by atoms with Gasteiger partial charge in [-0.1, -0.05) is 6.08 Å². The van der Waals surface area contributed by atoms with Crippen molar-refractivity contribution in [1.29, 1.82) is 0 Å². The molecule has 1 aromatic rings. The first-order valence-electron chi connectivity index (χ1n) is 4.30. The summed E-state index contributed by atoms with van der Waals surface area (Å²) in [6.07, 6.45) is 3.98. The Morgan fingerprint density at radius 1 is 1.73 bits per heavy atom. The van der Waals surface area contributed by atoms with Gasteiger partial charge < -0.3 is 5.32 Å². The number of rotatable bonds is 5. The molecule has 1 N–H and O–H groups in total. The fraction of sp³-hybridized carbons (Fsp3) is 0.222. The molecule has 80 valence electrons. The number of nitrogens with one attached hydrogen (secondary N) is 1. The largest absolute Gasteiger partial charge is 0.364 e. The van der Waals surface area contributed by atoms with Gasteiger partial charge in [-0.15, -0.1) is 6.58 Å². The molecular weight excluding hydrogens is 262 g/mol. The van der Waals surface area contributed by atoms with Gasteiger partial charge in [-0.2, -0.15) is 0 Å². The van der Waals surface area contributed by atoms with Crippen molar-refractivity contribution in [3.8, 4) is 0 Å². The Kier molecular flexibility index (Phi) is 4.23. The second-order valence-corrected chi connectivity index (χ2v) is 3.70. The number of pyridine rings is 1. The Hall–Kier alpha value is -1.43. The van der Waals surface area contributed by atoms with E-state index in [-0.39, 0.29) is 11.5 Å². The molecule has 5 nitrogen and oxygen atoms in total. The molecule has 0 aliphatic carbocycles. The van der Waals surface area contributed by atoms with E-state index in [9.17, 15) is 10.1 Å². The molecule has 0 saturated heterocycles. The number of aromatic nitrogens is 1. The molecule has 0 amide bonds. The number of anilines is 1. The van der Waals surface area contributed by atoms with Gasteiger partial charge in [0.1, 0.15) is 0 Å². The van der Waals surface area contributed by atoms with Crippen molar-refractivity contribution < 1.29 is 4.92 Å². The van der Waals surface area contributed by atoms with Crippen LogP contribution in [0.5, 0.6) is 0 Å². The van der Waals surface area contributed by atoms with E-state index >= 15 is 0 Å². The lowest BCUT2D eigenvalue weighted by Gasteiger charge is -2.04. The molecule has 0 aliphatic heterocycles. The summed E-state index contributed by atoms with van der Waals surface area (Å²) in [5, 5.41) is 13.6. The first-order valence-corrected chi connectivity index (χ1v) is 5.09. The van der Waals surface area contributed by atoms with E-state index in [0.29, 0.717) is 11.0 Å². The molecule has 1 aromatic heterocycles. The standard InChI is InChI=1S/C9H10BrN3O2/c1-2-3-4-11-9-8(13(14)15)5-7(10)6-12-9/h2,5-6H,1,3-4H2,(H,11,12). The predicted octanol–water partition coefficient (Wildman–Crippen LogP) is 2.74. The molecule has 0 unspecified atom stereocenters. The minimum absolute atomic E-state index is 0.0339. The van der Waals surface area contributed by atoms with Crippen molar-refractivity contribution in [2.45, 2.75) is 6.42 Å². The van der Waals surface area contributed by atoms with Crippen LogP contribution in [-0.2, 0) is 0 Å². The van der Waals surface area contributed by atoms with E-state index in [1.165, 1.54) is 12.3 Å². The smallest absolute Gasteiger partial charge is 0.312 e. The second-order valence-electron chi connectivity index (χ2n) is 2.78. The van der Waals surface area contributed by atoms with Crippen LogP contribution in [0.15, 0.2) is 29.4 Å². The minimum Gasteiger partial charge on any atom is -0.364 e. The molecule has 0 aliphatic rings. The fourth-order valence-electron chi connectivity index (χ4n) is 0.997. The Labute approximate surface area is 95.5 Å².